The van der Waals surface area contributed by atoms with Gasteiger partial charge in [-0.05, 0) is 107 Å². The van der Waals surface area contributed by atoms with Gasteiger partial charge in [-0.25, -0.2) is 0 Å². The Bertz CT molecular complexity index is 2770. The molecule has 1 aliphatic heterocycles. The lowest BCUT2D eigenvalue weighted by molar-refractivity contribution is 0.812. The molecule has 3 heterocycles. The maximum absolute atomic E-state index is 9.70. The summed E-state index contributed by atoms with van der Waals surface area (Å²) in [6.45, 7) is 1.54. The Morgan fingerprint density at radius 3 is 1.33 bits per heavy atom. The number of aromatic nitrogens is 2. The zero-order valence-corrected chi connectivity index (χ0v) is 27.6. The Hall–Kier alpha value is -7.08. The van der Waals surface area contributed by atoms with Gasteiger partial charge in [-0.1, -0.05) is 66.7 Å². The van der Waals surface area contributed by atoms with Crippen molar-refractivity contribution in [3.63, 3.8) is 0 Å². The van der Waals surface area contributed by atoms with Crippen molar-refractivity contribution >= 4 is 49.3 Å². The summed E-state index contributed by atoms with van der Waals surface area (Å²) in [6, 6.07) is 57.9. The first-order valence-electron chi connectivity index (χ1n) is 17.1. The Labute approximate surface area is 294 Å². The van der Waals surface area contributed by atoms with Crippen LogP contribution in [-0.2, 0) is 13.1 Å². The van der Waals surface area contributed by atoms with Gasteiger partial charge in [0.25, 0.3) is 0 Å². The minimum absolute atomic E-state index is 0.656. The monoisotopic (exact) mass is 651 g/mol. The van der Waals surface area contributed by atoms with Crippen LogP contribution in [0.2, 0.25) is 0 Å². The molecule has 7 aromatic carbocycles. The van der Waals surface area contributed by atoms with Crippen LogP contribution in [0.3, 0.4) is 0 Å². The van der Waals surface area contributed by atoms with Crippen molar-refractivity contribution in [3.8, 4) is 34.6 Å². The van der Waals surface area contributed by atoms with E-state index in [1.165, 1.54) is 27.9 Å². The summed E-state index contributed by atoms with van der Waals surface area (Å²) in [5, 5.41) is 23.8. The average molecular weight is 652 g/mol. The molecule has 0 unspecified atom stereocenters. The standard InChI is InChI=1S/C46H29N5/c47-26-30-14-20-45-41(22-30)37-10-4-6-12-43(37)50(45)35-18-16-32-28-49(34-8-2-1-3-9-34)29-33-17-19-36(25-40(33)39(32)24-35)51-44-13-7-5-11-38(44)42-23-31(27-48)15-21-46(42)51/h1-25H,28-29H2. The van der Waals surface area contributed by atoms with Crippen molar-refractivity contribution in [3.05, 3.63) is 174 Å². The van der Waals surface area contributed by atoms with E-state index in [4.69, 9.17) is 0 Å². The van der Waals surface area contributed by atoms with Crippen molar-refractivity contribution in [1.82, 2.24) is 9.13 Å². The summed E-state index contributed by atoms with van der Waals surface area (Å²) in [4.78, 5) is 2.46. The molecule has 51 heavy (non-hydrogen) atoms. The lowest BCUT2D eigenvalue weighted by Crippen LogP contribution is -2.20. The highest BCUT2D eigenvalue weighted by Gasteiger charge is 2.23. The summed E-state index contributed by atoms with van der Waals surface area (Å²) in [5.74, 6) is 0. The summed E-state index contributed by atoms with van der Waals surface area (Å²) in [6.07, 6.45) is 0. The highest BCUT2D eigenvalue weighted by molar-refractivity contribution is 6.11. The average Bonchev–Trinajstić information content (AvgIpc) is 3.64. The zero-order valence-electron chi connectivity index (χ0n) is 27.6. The number of benzene rings is 7. The summed E-state index contributed by atoms with van der Waals surface area (Å²) >= 11 is 0. The van der Waals surface area contributed by atoms with Crippen LogP contribution in [-0.4, -0.2) is 9.13 Å². The normalized spacial score (nSPS) is 12.5. The van der Waals surface area contributed by atoms with Crippen LogP contribution in [0.1, 0.15) is 22.3 Å². The van der Waals surface area contributed by atoms with Gasteiger partial charge in [0, 0.05) is 51.7 Å². The van der Waals surface area contributed by atoms with E-state index < -0.39 is 0 Å². The number of fused-ring (bicyclic) bond motifs is 9. The Morgan fingerprint density at radius 1 is 0.392 bits per heavy atom. The van der Waals surface area contributed by atoms with Crippen molar-refractivity contribution in [1.29, 1.82) is 10.5 Å². The number of rotatable bonds is 3. The van der Waals surface area contributed by atoms with Crippen LogP contribution in [0.4, 0.5) is 5.69 Å². The summed E-state index contributed by atoms with van der Waals surface area (Å²) < 4.78 is 4.66. The molecule has 0 radical (unpaired) electrons. The van der Waals surface area contributed by atoms with Gasteiger partial charge < -0.3 is 14.0 Å². The molecule has 2 aromatic heterocycles. The summed E-state index contributed by atoms with van der Waals surface area (Å²) in [5.41, 5.74) is 13.9. The van der Waals surface area contributed by atoms with E-state index in [1.807, 2.05) is 24.3 Å². The van der Waals surface area contributed by atoms with Crippen LogP contribution in [0.25, 0.3) is 66.1 Å². The quantitative estimate of drug-likeness (QED) is 0.191. The van der Waals surface area contributed by atoms with E-state index in [9.17, 15) is 10.5 Å². The third-order valence-electron chi connectivity index (χ3n) is 10.4. The molecular weight excluding hydrogens is 623 g/mol. The third-order valence-corrected chi connectivity index (χ3v) is 10.4. The van der Waals surface area contributed by atoms with Crippen molar-refractivity contribution in [2.24, 2.45) is 0 Å². The van der Waals surface area contributed by atoms with E-state index >= 15 is 0 Å². The molecule has 5 heteroatoms. The predicted octanol–water partition coefficient (Wildman–Crippen LogP) is 10.8. The molecule has 0 spiro atoms. The van der Waals surface area contributed by atoms with Crippen molar-refractivity contribution in [2.45, 2.75) is 13.1 Å². The number of nitrogens with zero attached hydrogens (tertiary/aromatic N) is 5. The second-order valence-corrected chi connectivity index (χ2v) is 13.3. The molecule has 9 aromatic rings. The Kier molecular flexibility index (Phi) is 6.37. The van der Waals surface area contributed by atoms with Crippen LogP contribution >= 0.6 is 0 Å². The largest absolute Gasteiger partial charge is 0.363 e. The van der Waals surface area contributed by atoms with Crippen molar-refractivity contribution < 1.29 is 0 Å². The molecule has 0 atom stereocenters. The van der Waals surface area contributed by atoms with E-state index in [2.05, 4.69) is 154 Å². The van der Waals surface area contributed by atoms with Gasteiger partial charge in [0.2, 0.25) is 0 Å². The SMILES string of the molecule is N#Cc1ccc2c(c1)c1ccccc1n2-c1ccc2c(c1)-c1cc(-n3c4ccccc4c4cc(C#N)ccc43)ccc1CN(c1ccccc1)C2. The third kappa shape index (κ3) is 4.46. The minimum Gasteiger partial charge on any atom is -0.363 e. The number of hydrogen-bond donors (Lipinski definition) is 0. The molecule has 0 amide bonds. The van der Waals surface area contributed by atoms with Gasteiger partial charge in [-0.15, -0.1) is 0 Å². The van der Waals surface area contributed by atoms with E-state index in [-0.39, 0.29) is 0 Å². The maximum atomic E-state index is 9.70. The molecular formula is C46H29N5. The van der Waals surface area contributed by atoms with Crippen LogP contribution in [0.15, 0.2) is 152 Å². The lowest BCUT2D eigenvalue weighted by atomic mass is 9.95. The molecule has 0 fully saturated rings. The highest BCUT2D eigenvalue weighted by atomic mass is 15.1. The summed E-state index contributed by atoms with van der Waals surface area (Å²) in [7, 11) is 0. The topological polar surface area (TPSA) is 60.7 Å². The molecule has 0 bridgehead atoms. The van der Waals surface area contributed by atoms with Gasteiger partial charge in [-0.3, -0.25) is 0 Å². The second-order valence-electron chi connectivity index (χ2n) is 13.3. The fourth-order valence-electron chi connectivity index (χ4n) is 8.11. The molecule has 0 saturated heterocycles. The predicted molar refractivity (Wildman–Crippen MR) is 206 cm³/mol. The number of nitriles is 2. The fourth-order valence-corrected chi connectivity index (χ4v) is 8.11. The maximum Gasteiger partial charge on any atom is 0.0991 e. The van der Waals surface area contributed by atoms with Crippen molar-refractivity contribution in [2.75, 3.05) is 4.90 Å². The van der Waals surface area contributed by atoms with E-state index in [0.717, 1.165) is 68.1 Å². The van der Waals surface area contributed by atoms with Gasteiger partial charge in [0.05, 0.1) is 45.3 Å². The second kappa shape index (κ2) is 11.2. The number of para-hydroxylation sites is 3. The van der Waals surface area contributed by atoms with Gasteiger partial charge in [-0.2, -0.15) is 10.5 Å². The van der Waals surface area contributed by atoms with Crippen LogP contribution in [0.5, 0.6) is 0 Å². The number of hydrogen-bond acceptors (Lipinski definition) is 3. The molecule has 5 nitrogen and oxygen atoms in total. The van der Waals surface area contributed by atoms with E-state index in [1.54, 1.807) is 0 Å². The van der Waals surface area contributed by atoms with Gasteiger partial charge in [0.15, 0.2) is 0 Å². The highest BCUT2D eigenvalue weighted by Crippen LogP contribution is 2.41. The Morgan fingerprint density at radius 2 is 0.843 bits per heavy atom. The smallest absolute Gasteiger partial charge is 0.0991 e. The van der Waals surface area contributed by atoms with Crippen LogP contribution in [0, 0.1) is 22.7 Å². The van der Waals surface area contributed by atoms with E-state index in [0.29, 0.717) is 11.1 Å². The first-order chi connectivity index (χ1) is 25.2. The molecule has 0 aliphatic carbocycles. The fraction of sp³-hybridized carbons (Fsp3) is 0.0435. The first-order valence-corrected chi connectivity index (χ1v) is 17.1. The molecule has 1 aliphatic rings. The Balaban J connectivity index is 1.23. The number of anilines is 1. The molecule has 10 rings (SSSR count). The van der Waals surface area contributed by atoms with Gasteiger partial charge in [0.1, 0.15) is 0 Å². The van der Waals surface area contributed by atoms with Gasteiger partial charge >= 0.3 is 0 Å². The van der Waals surface area contributed by atoms with Crippen LogP contribution < -0.4 is 4.90 Å². The first kappa shape index (κ1) is 28.9. The lowest BCUT2D eigenvalue weighted by Gasteiger charge is -2.24. The molecule has 238 valence electrons. The zero-order chi connectivity index (χ0) is 34.1. The molecule has 0 saturated carbocycles. The molecule has 0 N–H and O–H groups in total. The minimum atomic E-state index is 0.656.